The summed E-state index contributed by atoms with van der Waals surface area (Å²) in [5, 5.41) is 3.83. The lowest BCUT2D eigenvalue weighted by Crippen LogP contribution is -2.39. The van der Waals surface area contributed by atoms with Crippen molar-refractivity contribution in [2.45, 2.75) is 25.4 Å². The van der Waals surface area contributed by atoms with E-state index in [0.29, 0.717) is 34.8 Å². The van der Waals surface area contributed by atoms with E-state index in [9.17, 15) is 9.59 Å². The molecular weight excluding hydrogens is 416 g/mol. The van der Waals surface area contributed by atoms with Crippen LogP contribution in [0.15, 0.2) is 77.4 Å². The minimum atomic E-state index is -0.303. The summed E-state index contributed by atoms with van der Waals surface area (Å²) in [5.74, 6) is 0.0613. The summed E-state index contributed by atoms with van der Waals surface area (Å²) >= 11 is 0. The summed E-state index contributed by atoms with van der Waals surface area (Å²) in [4.78, 5) is 32.0. The molecule has 1 unspecified atom stereocenters. The first-order valence-electron chi connectivity index (χ1n) is 11.0. The van der Waals surface area contributed by atoms with Crippen LogP contribution < -0.4 is 11.1 Å². The van der Waals surface area contributed by atoms with Gasteiger partial charge in [0.15, 0.2) is 5.76 Å². The quantitative estimate of drug-likeness (QED) is 0.468. The van der Waals surface area contributed by atoms with Gasteiger partial charge in [0.25, 0.3) is 5.91 Å². The summed E-state index contributed by atoms with van der Waals surface area (Å²) in [6.07, 6.45) is 3.28. The Morgan fingerprint density at radius 1 is 1.09 bits per heavy atom. The van der Waals surface area contributed by atoms with Crippen LogP contribution in [0.2, 0.25) is 0 Å². The van der Waals surface area contributed by atoms with Crippen LogP contribution in [-0.4, -0.2) is 34.3 Å². The van der Waals surface area contributed by atoms with Gasteiger partial charge in [0, 0.05) is 17.6 Å². The van der Waals surface area contributed by atoms with Gasteiger partial charge in [-0.2, -0.15) is 0 Å². The van der Waals surface area contributed by atoms with Crippen LogP contribution >= 0.6 is 0 Å². The third-order valence-corrected chi connectivity index (χ3v) is 6.07. The number of hydrogen-bond acceptors (Lipinski definition) is 5. The van der Waals surface area contributed by atoms with Crippen molar-refractivity contribution < 1.29 is 14.0 Å². The molecule has 0 bridgehead atoms. The van der Waals surface area contributed by atoms with E-state index in [1.54, 1.807) is 18.4 Å². The third kappa shape index (κ3) is 4.23. The zero-order valence-electron chi connectivity index (χ0n) is 18.0. The van der Waals surface area contributed by atoms with E-state index in [2.05, 4.69) is 15.2 Å². The van der Waals surface area contributed by atoms with Crippen molar-refractivity contribution in [1.82, 2.24) is 9.88 Å². The molecule has 7 heteroatoms. The number of nitrogens with two attached hydrogens (primary N) is 1. The molecular formula is C26H24N4O3. The molecule has 5 rings (SSSR count). The average Bonchev–Trinajstić information content (AvgIpc) is 3.52. The Morgan fingerprint density at radius 2 is 1.91 bits per heavy atom. The number of nitrogens with zero attached hydrogens (tertiary/aromatic N) is 2. The number of hydrogen-bond donors (Lipinski definition) is 2. The lowest BCUT2D eigenvalue weighted by atomic mass is 10.1. The molecule has 2 aromatic heterocycles. The molecule has 0 spiro atoms. The number of likely N-dealkylation sites (tertiary alicyclic amines) is 1. The van der Waals surface area contributed by atoms with Gasteiger partial charge in [-0.3, -0.25) is 14.5 Å². The van der Waals surface area contributed by atoms with Crippen molar-refractivity contribution in [3.8, 4) is 11.5 Å². The van der Waals surface area contributed by atoms with Gasteiger partial charge in [0.1, 0.15) is 5.69 Å². The van der Waals surface area contributed by atoms with E-state index in [1.165, 1.54) is 0 Å². The molecule has 4 aromatic rings. The van der Waals surface area contributed by atoms with Crippen molar-refractivity contribution in [2.24, 2.45) is 5.73 Å². The number of pyridine rings is 1. The smallest absolute Gasteiger partial charge is 0.256 e. The summed E-state index contributed by atoms with van der Waals surface area (Å²) in [5.41, 5.74) is 9.04. The van der Waals surface area contributed by atoms with Crippen molar-refractivity contribution in [3.63, 3.8) is 0 Å². The summed E-state index contributed by atoms with van der Waals surface area (Å²) < 4.78 is 5.51. The van der Waals surface area contributed by atoms with Gasteiger partial charge >= 0.3 is 0 Å². The van der Waals surface area contributed by atoms with Gasteiger partial charge in [0.2, 0.25) is 5.91 Å². The maximum atomic E-state index is 13.5. The van der Waals surface area contributed by atoms with Crippen molar-refractivity contribution in [2.75, 3.05) is 11.9 Å². The Labute approximate surface area is 191 Å². The molecule has 1 aliphatic heterocycles. The molecule has 1 fully saturated rings. The first kappa shape index (κ1) is 20.9. The predicted octanol–water partition coefficient (Wildman–Crippen LogP) is 4.20. The summed E-state index contributed by atoms with van der Waals surface area (Å²) in [6, 6.07) is 20.3. The molecule has 3 heterocycles. The number of carbonyl (C=O) groups excluding carboxylic acids is 2. The Bertz CT molecular complexity index is 1320. The summed E-state index contributed by atoms with van der Waals surface area (Å²) in [7, 11) is 0. The van der Waals surface area contributed by atoms with E-state index in [4.69, 9.17) is 10.2 Å². The van der Waals surface area contributed by atoms with Gasteiger partial charge in [-0.05, 0) is 55.3 Å². The minimum absolute atomic E-state index is 0.235. The predicted molar refractivity (Wildman–Crippen MR) is 126 cm³/mol. The van der Waals surface area contributed by atoms with Crippen molar-refractivity contribution >= 4 is 28.4 Å². The number of anilines is 1. The number of fused-ring (bicyclic) bond motifs is 1. The second-order valence-electron chi connectivity index (χ2n) is 8.19. The second kappa shape index (κ2) is 8.88. The van der Waals surface area contributed by atoms with Crippen LogP contribution in [0.25, 0.3) is 22.4 Å². The van der Waals surface area contributed by atoms with Gasteiger partial charge < -0.3 is 15.5 Å². The lowest BCUT2D eigenvalue weighted by molar-refractivity contribution is -0.122. The normalized spacial score (nSPS) is 16.2. The Balaban J connectivity index is 1.47. The molecule has 166 valence electrons. The highest BCUT2D eigenvalue weighted by Gasteiger charge is 2.29. The van der Waals surface area contributed by atoms with Crippen LogP contribution in [0.4, 0.5) is 5.69 Å². The molecule has 0 aliphatic carbocycles. The van der Waals surface area contributed by atoms with Gasteiger partial charge in [0.05, 0.1) is 23.4 Å². The van der Waals surface area contributed by atoms with Crippen LogP contribution in [0.1, 0.15) is 28.8 Å². The monoisotopic (exact) mass is 440 g/mol. The number of amides is 2. The maximum absolute atomic E-state index is 13.5. The molecule has 1 aliphatic rings. The lowest BCUT2D eigenvalue weighted by Gasteiger charge is -2.23. The van der Waals surface area contributed by atoms with Crippen molar-refractivity contribution in [1.29, 1.82) is 0 Å². The topological polar surface area (TPSA) is 101 Å². The molecule has 0 saturated carbocycles. The molecule has 7 nitrogen and oxygen atoms in total. The van der Waals surface area contributed by atoms with E-state index >= 15 is 0 Å². The molecule has 33 heavy (non-hydrogen) atoms. The highest BCUT2D eigenvalue weighted by atomic mass is 16.3. The number of para-hydroxylation sites is 2. The van der Waals surface area contributed by atoms with Crippen molar-refractivity contribution in [3.05, 3.63) is 84.1 Å². The highest BCUT2D eigenvalue weighted by molar-refractivity contribution is 6.13. The number of nitrogens with one attached hydrogen (secondary N) is 1. The third-order valence-electron chi connectivity index (χ3n) is 6.07. The van der Waals surface area contributed by atoms with E-state index in [1.807, 2.05) is 54.6 Å². The second-order valence-corrected chi connectivity index (χ2v) is 8.19. The van der Waals surface area contributed by atoms with Crippen LogP contribution in [0.5, 0.6) is 0 Å². The first-order chi connectivity index (χ1) is 16.1. The fourth-order valence-corrected chi connectivity index (χ4v) is 4.44. The van der Waals surface area contributed by atoms with E-state index < -0.39 is 0 Å². The Morgan fingerprint density at radius 3 is 2.73 bits per heavy atom. The zero-order valence-corrected chi connectivity index (χ0v) is 18.0. The largest absolute Gasteiger partial charge is 0.463 e. The maximum Gasteiger partial charge on any atom is 0.256 e. The number of primary amides is 1. The number of rotatable bonds is 6. The van der Waals surface area contributed by atoms with Crippen LogP contribution in [-0.2, 0) is 11.3 Å². The number of aromatic nitrogens is 1. The standard InChI is InChI=1S/C26H24N4O3/c27-25(31)23-11-5-13-30(23)16-17-7-1-3-9-20(17)29-26(32)19-15-22(24-12-6-14-33-24)28-21-10-4-2-8-18(19)21/h1-4,6-10,12,14-15,23H,5,11,13,16H2,(H2,27,31)(H,29,32). The number of carbonyl (C=O) groups is 2. The van der Waals surface area contributed by atoms with Gasteiger partial charge in [-0.15, -0.1) is 0 Å². The summed E-state index contributed by atoms with van der Waals surface area (Å²) in [6.45, 7) is 1.34. The van der Waals surface area contributed by atoms with E-state index in [-0.39, 0.29) is 17.9 Å². The van der Waals surface area contributed by atoms with Crippen LogP contribution in [0.3, 0.4) is 0 Å². The zero-order chi connectivity index (χ0) is 22.8. The minimum Gasteiger partial charge on any atom is -0.463 e. The van der Waals surface area contributed by atoms with Gasteiger partial charge in [-0.25, -0.2) is 4.98 Å². The fraction of sp³-hybridized carbons (Fsp3) is 0.192. The molecule has 0 radical (unpaired) electrons. The van der Waals surface area contributed by atoms with Gasteiger partial charge in [-0.1, -0.05) is 36.4 Å². The molecule has 2 amide bonds. The number of benzene rings is 2. The Hall–Kier alpha value is -3.97. The molecule has 3 N–H and O–H groups in total. The fourth-order valence-electron chi connectivity index (χ4n) is 4.44. The molecule has 2 aromatic carbocycles. The SMILES string of the molecule is NC(=O)C1CCCN1Cc1ccccc1NC(=O)c1cc(-c2ccco2)nc2ccccc12. The van der Waals surface area contributed by atoms with Crippen LogP contribution in [0, 0.1) is 0 Å². The average molecular weight is 441 g/mol. The number of furan rings is 1. The van der Waals surface area contributed by atoms with E-state index in [0.717, 1.165) is 30.3 Å². The highest BCUT2D eigenvalue weighted by Crippen LogP contribution is 2.28. The first-order valence-corrected chi connectivity index (χ1v) is 11.0. The molecule has 1 atom stereocenters. The molecule has 1 saturated heterocycles. The Kier molecular flexibility index (Phi) is 5.62.